The monoisotopic (exact) mass is 407 g/mol. The van der Waals surface area contributed by atoms with Crippen LogP contribution in [0.5, 0.6) is 5.75 Å². The van der Waals surface area contributed by atoms with Crippen molar-refractivity contribution in [3.63, 3.8) is 0 Å². The third-order valence-corrected chi connectivity index (χ3v) is 4.44. The van der Waals surface area contributed by atoms with Crippen LogP contribution in [-0.4, -0.2) is 12.2 Å². The SMILES string of the molecule is Cc1cc(/C=N\NC(=O)Nc2ccccc2)cc(C)c1OCc1ccc(Cl)cc1. The van der Waals surface area contributed by atoms with E-state index in [1.54, 1.807) is 18.3 Å². The Bertz CT molecular complexity index is 979. The number of urea groups is 1. The van der Waals surface area contributed by atoms with Gasteiger partial charge in [-0.05, 0) is 72.5 Å². The van der Waals surface area contributed by atoms with Crippen LogP contribution in [0.25, 0.3) is 0 Å². The fraction of sp³-hybridized carbons (Fsp3) is 0.130. The van der Waals surface area contributed by atoms with Gasteiger partial charge in [-0.25, -0.2) is 10.2 Å². The molecule has 3 rings (SSSR count). The molecular formula is C23H22ClN3O2. The molecule has 148 valence electrons. The van der Waals surface area contributed by atoms with E-state index in [1.807, 2.05) is 68.4 Å². The molecule has 0 saturated carbocycles. The molecule has 2 N–H and O–H groups in total. The maximum Gasteiger partial charge on any atom is 0.339 e. The molecule has 3 aromatic rings. The lowest BCUT2D eigenvalue weighted by Gasteiger charge is -2.13. The number of halogens is 1. The predicted molar refractivity (Wildman–Crippen MR) is 118 cm³/mol. The number of aryl methyl sites for hydroxylation is 2. The van der Waals surface area contributed by atoms with Crippen LogP contribution in [0.1, 0.15) is 22.3 Å². The van der Waals surface area contributed by atoms with Crippen molar-refractivity contribution in [2.24, 2.45) is 5.10 Å². The first-order valence-corrected chi connectivity index (χ1v) is 9.52. The Kier molecular flexibility index (Phi) is 6.87. The zero-order valence-corrected chi connectivity index (χ0v) is 17.0. The first kappa shape index (κ1) is 20.4. The summed E-state index contributed by atoms with van der Waals surface area (Å²) in [7, 11) is 0. The number of nitrogens with one attached hydrogen (secondary N) is 2. The molecule has 0 bridgehead atoms. The van der Waals surface area contributed by atoms with E-state index in [1.165, 1.54) is 0 Å². The molecule has 0 unspecified atom stereocenters. The van der Waals surface area contributed by atoms with Crippen LogP contribution in [0.15, 0.2) is 71.8 Å². The smallest absolute Gasteiger partial charge is 0.339 e. The van der Waals surface area contributed by atoms with Crippen molar-refractivity contribution in [2.75, 3.05) is 5.32 Å². The number of carbonyl (C=O) groups is 1. The highest BCUT2D eigenvalue weighted by Crippen LogP contribution is 2.25. The van der Waals surface area contributed by atoms with E-state index < -0.39 is 6.03 Å². The molecule has 5 nitrogen and oxygen atoms in total. The number of hydrogen-bond acceptors (Lipinski definition) is 3. The largest absolute Gasteiger partial charge is 0.488 e. The molecule has 0 aliphatic rings. The summed E-state index contributed by atoms with van der Waals surface area (Å²) < 4.78 is 5.99. The van der Waals surface area contributed by atoms with Gasteiger partial charge in [0.1, 0.15) is 12.4 Å². The number of amides is 2. The third kappa shape index (κ3) is 6.09. The van der Waals surface area contributed by atoms with Crippen LogP contribution >= 0.6 is 11.6 Å². The number of para-hydroxylation sites is 1. The zero-order valence-electron chi connectivity index (χ0n) is 16.3. The highest BCUT2D eigenvalue weighted by molar-refractivity contribution is 6.30. The number of benzene rings is 3. The minimum atomic E-state index is -0.399. The number of ether oxygens (including phenoxy) is 1. The Morgan fingerprint density at radius 1 is 1.03 bits per heavy atom. The Hall–Kier alpha value is -3.31. The number of carbonyl (C=O) groups excluding carboxylic acids is 1. The molecule has 0 aliphatic heterocycles. The minimum absolute atomic E-state index is 0.399. The molecule has 29 heavy (non-hydrogen) atoms. The topological polar surface area (TPSA) is 62.7 Å². The molecule has 0 fully saturated rings. The van der Waals surface area contributed by atoms with Gasteiger partial charge in [-0.1, -0.05) is 41.9 Å². The molecule has 0 aliphatic carbocycles. The van der Waals surface area contributed by atoms with Gasteiger partial charge in [0, 0.05) is 10.7 Å². The lowest BCUT2D eigenvalue weighted by Crippen LogP contribution is -2.24. The van der Waals surface area contributed by atoms with Gasteiger partial charge in [0.05, 0.1) is 6.21 Å². The van der Waals surface area contributed by atoms with Gasteiger partial charge in [-0.15, -0.1) is 0 Å². The lowest BCUT2D eigenvalue weighted by atomic mass is 10.1. The highest BCUT2D eigenvalue weighted by atomic mass is 35.5. The maximum atomic E-state index is 11.9. The number of rotatable bonds is 6. The zero-order chi connectivity index (χ0) is 20.6. The number of hydrogen-bond donors (Lipinski definition) is 2. The van der Waals surface area contributed by atoms with Crippen molar-refractivity contribution in [3.8, 4) is 5.75 Å². The summed E-state index contributed by atoms with van der Waals surface area (Å²) in [5.41, 5.74) is 7.08. The molecular weight excluding hydrogens is 386 g/mol. The summed E-state index contributed by atoms with van der Waals surface area (Å²) in [5, 5.41) is 7.42. The lowest BCUT2D eigenvalue weighted by molar-refractivity contribution is 0.252. The van der Waals surface area contributed by atoms with Gasteiger partial charge < -0.3 is 10.1 Å². The molecule has 0 aromatic heterocycles. The summed E-state index contributed by atoms with van der Waals surface area (Å²) in [6.45, 7) is 4.43. The summed E-state index contributed by atoms with van der Waals surface area (Å²) in [6, 6.07) is 20.3. The van der Waals surface area contributed by atoms with Crippen LogP contribution in [0, 0.1) is 13.8 Å². The van der Waals surface area contributed by atoms with E-state index in [-0.39, 0.29) is 0 Å². The van der Waals surface area contributed by atoms with E-state index >= 15 is 0 Å². The number of nitrogens with zero attached hydrogens (tertiary/aromatic N) is 1. The Morgan fingerprint density at radius 2 is 1.69 bits per heavy atom. The van der Waals surface area contributed by atoms with Gasteiger partial charge >= 0.3 is 6.03 Å². The second-order valence-electron chi connectivity index (χ2n) is 6.59. The molecule has 0 spiro atoms. The van der Waals surface area contributed by atoms with E-state index in [4.69, 9.17) is 16.3 Å². The van der Waals surface area contributed by atoms with Crippen molar-refractivity contribution in [3.05, 3.63) is 94.0 Å². The first-order chi connectivity index (χ1) is 14.0. The second kappa shape index (κ2) is 9.75. The quantitative estimate of drug-likeness (QED) is 0.407. The predicted octanol–water partition coefficient (Wildman–Crippen LogP) is 5.69. The average Bonchev–Trinajstić information content (AvgIpc) is 2.69. The molecule has 3 aromatic carbocycles. The van der Waals surface area contributed by atoms with Crippen molar-refractivity contribution in [2.45, 2.75) is 20.5 Å². The van der Waals surface area contributed by atoms with Crippen molar-refractivity contribution >= 4 is 29.5 Å². The fourth-order valence-electron chi connectivity index (χ4n) is 2.87. The highest BCUT2D eigenvalue weighted by Gasteiger charge is 2.07. The molecule has 2 amide bonds. The van der Waals surface area contributed by atoms with Crippen LogP contribution in [-0.2, 0) is 6.61 Å². The van der Waals surface area contributed by atoms with Gasteiger partial charge in [-0.3, -0.25) is 0 Å². The van der Waals surface area contributed by atoms with Crippen LogP contribution in [0.4, 0.5) is 10.5 Å². The number of anilines is 1. The Morgan fingerprint density at radius 3 is 2.34 bits per heavy atom. The van der Waals surface area contributed by atoms with E-state index in [0.717, 1.165) is 28.0 Å². The van der Waals surface area contributed by atoms with E-state index in [9.17, 15) is 4.79 Å². The third-order valence-electron chi connectivity index (χ3n) is 4.19. The normalized spacial score (nSPS) is 10.7. The van der Waals surface area contributed by atoms with E-state index in [0.29, 0.717) is 17.3 Å². The van der Waals surface area contributed by atoms with Gasteiger partial charge in [-0.2, -0.15) is 5.10 Å². The standard InChI is InChI=1S/C23H22ClN3O2/c1-16-12-19(14-25-27-23(28)26-21-6-4-3-5-7-21)13-17(2)22(16)29-15-18-8-10-20(24)11-9-18/h3-14H,15H2,1-2H3,(H2,26,27,28)/b25-14-. The minimum Gasteiger partial charge on any atom is -0.488 e. The van der Waals surface area contributed by atoms with E-state index in [2.05, 4.69) is 15.8 Å². The summed E-state index contributed by atoms with van der Waals surface area (Å²) in [6.07, 6.45) is 1.60. The first-order valence-electron chi connectivity index (χ1n) is 9.15. The summed E-state index contributed by atoms with van der Waals surface area (Å²) in [5.74, 6) is 0.840. The maximum absolute atomic E-state index is 11.9. The average molecular weight is 408 g/mol. The molecule has 0 radical (unpaired) electrons. The fourth-order valence-corrected chi connectivity index (χ4v) is 2.99. The molecule has 0 saturated heterocycles. The van der Waals surface area contributed by atoms with Crippen LogP contribution < -0.4 is 15.5 Å². The Balaban J connectivity index is 1.58. The van der Waals surface area contributed by atoms with Crippen molar-refractivity contribution in [1.29, 1.82) is 0 Å². The summed E-state index contributed by atoms with van der Waals surface area (Å²) in [4.78, 5) is 11.9. The van der Waals surface area contributed by atoms with Gasteiger partial charge in [0.15, 0.2) is 0 Å². The number of hydrazone groups is 1. The van der Waals surface area contributed by atoms with Crippen molar-refractivity contribution < 1.29 is 9.53 Å². The molecule has 0 heterocycles. The van der Waals surface area contributed by atoms with Crippen molar-refractivity contribution in [1.82, 2.24) is 5.43 Å². The van der Waals surface area contributed by atoms with Crippen LogP contribution in [0.3, 0.4) is 0 Å². The second-order valence-corrected chi connectivity index (χ2v) is 7.03. The molecule has 6 heteroatoms. The Labute approximate surface area is 175 Å². The van der Waals surface area contributed by atoms with Crippen LogP contribution in [0.2, 0.25) is 5.02 Å². The van der Waals surface area contributed by atoms with Gasteiger partial charge in [0.25, 0.3) is 0 Å². The molecule has 0 atom stereocenters. The summed E-state index contributed by atoms with van der Waals surface area (Å²) >= 11 is 5.92. The van der Waals surface area contributed by atoms with Gasteiger partial charge in [0.2, 0.25) is 0 Å².